The summed E-state index contributed by atoms with van der Waals surface area (Å²) in [4.78, 5) is 18.6. The number of aryl methyl sites for hydroxylation is 2. The molecule has 4 nitrogen and oxygen atoms in total. The molecule has 1 heterocycles. The molecule has 0 saturated carbocycles. The summed E-state index contributed by atoms with van der Waals surface area (Å²) < 4.78 is 26.4. The number of imidazole rings is 1. The molecule has 1 aromatic heterocycles. The lowest BCUT2D eigenvalue weighted by atomic mass is 10.1. The van der Waals surface area contributed by atoms with Crippen molar-refractivity contribution in [2.24, 2.45) is 0 Å². The van der Waals surface area contributed by atoms with E-state index in [9.17, 15) is 13.6 Å². The first-order valence-corrected chi connectivity index (χ1v) is 8.81. The van der Waals surface area contributed by atoms with Crippen LogP contribution in [0.3, 0.4) is 0 Å². The van der Waals surface area contributed by atoms with E-state index in [0.29, 0.717) is 0 Å². The minimum absolute atomic E-state index is 0.0704. The SMILES string of the molecule is CN(Cc1nccn1C(F)F)C(=O)CSc1ccc2c(c1)CCC2. The monoisotopic (exact) mass is 351 g/mol. The highest BCUT2D eigenvalue weighted by Gasteiger charge is 2.17. The second-order valence-corrected chi connectivity index (χ2v) is 6.90. The number of alkyl halides is 2. The fraction of sp³-hybridized carbons (Fsp3) is 0.412. The van der Waals surface area contributed by atoms with E-state index in [1.54, 1.807) is 7.05 Å². The molecule has 1 amide bonds. The lowest BCUT2D eigenvalue weighted by Crippen LogP contribution is -2.29. The first kappa shape index (κ1) is 17.0. The van der Waals surface area contributed by atoms with Crippen molar-refractivity contribution in [2.75, 3.05) is 12.8 Å². The molecule has 24 heavy (non-hydrogen) atoms. The molecule has 0 fully saturated rings. The van der Waals surface area contributed by atoms with Crippen LogP contribution >= 0.6 is 11.8 Å². The highest BCUT2D eigenvalue weighted by atomic mass is 32.2. The van der Waals surface area contributed by atoms with Gasteiger partial charge >= 0.3 is 6.55 Å². The van der Waals surface area contributed by atoms with Crippen LogP contribution in [0.15, 0.2) is 35.5 Å². The number of nitrogens with zero attached hydrogens (tertiary/aromatic N) is 3. The van der Waals surface area contributed by atoms with Crippen molar-refractivity contribution in [3.05, 3.63) is 47.5 Å². The third kappa shape index (κ3) is 3.77. The summed E-state index contributed by atoms with van der Waals surface area (Å²) in [6.07, 6.45) is 5.98. The van der Waals surface area contributed by atoms with Gasteiger partial charge in [-0.2, -0.15) is 8.78 Å². The molecule has 0 radical (unpaired) electrons. The molecule has 0 unspecified atom stereocenters. The zero-order chi connectivity index (χ0) is 17.1. The van der Waals surface area contributed by atoms with Crippen molar-refractivity contribution < 1.29 is 13.6 Å². The van der Waals surface area contributed by atoms with Crippen LogP contribution < -0.4 is 0 Å². The van der Waals surface area contributed by atoms with Gasteiger partial charge in [0.2, 0.25) is 5.91 Å². The summed E-state index contributed by atoms with van der Waals surface area (Å²) >= 11 is 1.48. The minimum atomic E-state index is -2.65. The minimum Gasteiger partial charge on any atom is -0.338 e. The van der Waals surface area contributed by atoms with Gasteiger partial charge in [0.05, 0.1) is 12.3 Å². The number of carbonyl (C=O) groups is 1. The predicted octanol–water partition coefficient (Wildman–Crippen LogP) is 3.52. The molecule has 7 heteroatoms. The number of hydrogen-bond donors (Lipinski definition) is 0. The molecule has 2 aromatic rings. The Balaban J connectivity index is 1.55. The Kier molecular flexibility index (Phi) is 5.18. The molecule has 0 spiro atoms. The summed E-state index contributed by atoms with van der Waals surface area (Å²) in [5.41, 5.74) is 2.78. The molecule has 1 aliphatic carbocycles. The molecule has 128 valence electrons. The van der Waals surface area contributed by atoms with E-state index in [2.05, 4.69) is 17.1 Å². The molecular formula is C17H19F2N3OS. The van der Waals surface area contributed by atoms with Crippen LogP contribution in [0.2, 0.25) is 0 Å². The number of carbonyl (C=O) groups excluding carboxylic acids is 1. The fourth-order valence-electron chi connectivity index (χ4n) is 2.84. The van der Waals surface area contributed by atoms with Gasteiger partial charge in [-0.1, -0.05) is 6.07 Å². The fourth-order valence-corrected chi connectivity index (χ4v) is 3.74. The lowest BCUT2D eigenvalue weighted by Gasteiger charge is -2.17. The van der Waals surface area contributed by atoms with E-state index in [4.69, 9.17) is 0 Å². The van der Waals surface area contributed by atoms with Gasteiger partial charge in [0.1, 0.15) is 5.82 Å². The average Bonchev–Trinajstić information content (AvgIpc) is 3.20. The van der Waals surface area contributed by atoms with Gasteiger partial charge in [0.25, 0.3) is 0 Å². The summed E-state index contributed by atoms with van der Waals surface area (Å²) in [5, 5.41) is 0. The maximum atomic E-state index is 12.8. The second-order valence-electron chi connectivity index (χ2n) is 5.85. The van der Waals surface area contributed by atoms with Gasteiger partial charge in [-0.15, -0.1) is 11.8 Å². The van der Waals surface area contributed by atoms with Crippen molar-refractivity contribution in [2.45, 2.75) is 37.3 Å². The number of thioether (sulfide) groups is 1. The van der Waals surface area contributed by atoms with Crippen LogP contribution in [0.25, 0.3) is 0 Å². The van der Waals surface area contributed by atoms with Crippen molar-refractivity contribution in [3.8, 4) is 0 Å². The summed E-state index contributed by atoms with van der Waals surface area (Å²) in [6.45, 7) is -2.58. The number of halogens is 2. The number of amides is 1. The Morgan fingerprint density at radius 3 is 2.96 bits per heavy atom. The topological polar surface area (TPSA) is 38.1 Å². The van der Waals surface area contributed by atoms with Crippen LogP contribution in [0.1, 0.15) is 29.9 Å². The zero-order valence-corrected chi connectivity index (χ0v) is 14.2. The van der Waals surface area contributed by atoms with E-state index >= 15 is 0 Å². The van der Waals surface area contributed by atoms with Crippen molar-refractivity contribution in [1.82, 2.24) is 14.5 Å². The lowest BCUT2D eigenvalue weighted by molar-refractivity contribution is -0.127. The molecule has 0 aliphatic heterocycles. The predicted molar refractivity (Wildman–Crippen MR) is 89.1 cm³/mol. The van der Waals surface area contributed by atoms with E-state index in [0.717, 1.165) is 22.3 Å². The van der Waals surface area contributed by atoms with Gasteiger partial charge in [-0.25, -0.2) is 4.98 Å². The highest BCUT2D eigenvalue weighted by Crippen LogP contribution is 2.27. The Bertz CT molecular complexity index is 732. The van der Waals surface area contributed by atoms with E-state index in [1.807, 2.05) is 6.07 Å². The first-order chi connectivity index (χ1) is 11.5. The molecule has 0 N–H and O–H groups in total. The molecule has 3 rings (SSSR count). The number of benzene rings is 1. The second kappa shape index (κ2) is 7.34. The maximum absolute atomic E-state index is 12.8. The van der Waals surface area contributed by atoms with Gasteiger partial charge in [-0.05, 0) is 42.5 Å². The van der Waals surface area contributed by atoms with Crippen LogP contribution in [0, 0.1) is 0 Å². The smallest absolute Gasteiger partial charge is 0.319 e. The Labute approximate surface area is 143 Å². The highest BCUT2D eigenvalue weighted by molar-refractivity contribution is 8.00. The van der Waals surface area contributed by atoms with Gasteiger partial charge in [0, 0.05) is 24.3 Å². The van der Waals surface area contributed by atoms with E-state index < -0.39 is 6.55 Å². The summed E-state index contributed by atoms with van der Waals surface area (Å²) in [6, 6.07) is 6.34. The van der Waals surface area contributed by atoms with Crippen LogP contribution in [0.5, 0.6) is 0 Å². The molecule has 0 saturated heterocycles. The average molecular weight is 351 g/mol. The third-order valence-electron chi connectivity index (χ3n) is 4.20. The van der Waals surface area contributed by atoms with E-state index in [-0.39, 0.29) is 24.0 Å². The Morgan fingerprint density at radius 1 is 1.38 bits per heavy atom. The number of fused-ring (bicyclic) bond motifs is 1. The standard InChI is InChI=1S/C17H19F2N3OS/c1-21(10-15-20-7-8-22(15)17(18)19)16(23)11-24-14-6-5-12-3-2-4-13(12)9-14/h5-9,17H,2-4,10-11H2,1H3. The molecule has 0 bridgehead atoms. The molecule has 0 atom stereocenters. The third-order valence-corrected chi connectivity index (χ3v) is 5.17. The quantitative estimate of drug-likeness (QED) is 0.748. The van der Waals surface area contributed by atoms with Crippen LogP contribution in [-0.2, 0) is 24.2 Å². The largest absolute Gasteiger partial charge is 0.338 e. The van der Waals surface area contributed by atoms with Crippen LogP contribution in [0.4, 0.5) is 8.78 Å². The zero-order valence-electron chi connectivity index (χ0n) is 13.4. The van der Waals surface area contributed by atoms with Crippen molar-refractivity contribution in [3.63, 3.8) is 0 Å². The van der Waals surface area contributed by atoms with Crippen molar-refractivity contribution >= 4 is 17.7 Å². The Morgan fingerprint density at radius 2 is 2.17 bits per heavy atom. The molecule has 1 aliphatic rings. The molecular weight excluding hydrogens is 332 g/mol. The Hall–Kier alpha value is -1.89. The summed E-state index contributed by atoms with van der Waals surface area (Å²) in [5.74, 6) is 0.359. The first-order valence-electron chi connectivity index (χ1n) is 7.83. The molecule has 1 aromatic carbocycles. The normalized spacial score (nSPS) is 13.3. The maximum Gasteiger partial charge on any atom is 0.319 e. The number of aromatic nitrogens is 2. The van der Waals surface area contributed by atoms with Gasteiger partial charge in [-0.3, -0.25) is 9.36 Å². The van der Waals surface area contributed by atoms with Crippen molar-refractivity contribution in [1.29, 1.82) is 0 Å². The van der Waals surface area contributed by atoms with Gasteiger partial charge in [0.15, 0.2) is 0 Å². The van der Waals surface area contributed by atoms with Gasteiger partial charge < -0.3 is 4.90 Å². The number of rotatable bonds is 6. The summed E-state index contributed by atoms with van der Waals surface area (Å²) in [7, 11) is 1.61. The number of hydrogen-bond acceptors (Lipinski definition) is 3. The van der Waals surface area contributed by atoms with Crippen LogP contribution in [-0.4, -0.2) is 33.2 Å². The van der Waals surface area contributed by atoms with E-state index in [1.165, 1.54) is 46.6 Å².